The van der Waals surface area contributed by atoms with Crippen molar-refractivity contribution in [3.05, 3.63) is 0 Å². The zero-order valence-electron chi connectivity index (χ0n) is 11.6. The van der Waals surface area contributed by atoms with Crippen LogP contribution in [0.25, 0.3) is 0 Å². The second kappa shape index (κ2) is 5.63. The Hall–Kier alpha value is -1.19. The van der Waals surface area contributed by atoms with Crippen LogP contribution in [-0.4, -0.2) is 24.1 Å². The highest BCUT2D eigenvalue weighted by Gasteiger charge is 2.49. The quantitative estimate of drug-likeness (QED) is 0.569. The third-order valence-corrected chi connectivity index (χ3v) is 3.67. The first-order valence-electron chi connectivity index (χ1n) is 6.59. The number of carbonyl (C=O) groups is 3. The van der Waals surface area contributed by atoms with Gasteiger partial charge in [-0.15, -0.1) is 0 Å². The number of esters is 1. The van der Waals surface area contributed by atoms with Gasteiger partial charge in [0.05, 0.1) is 12.5 Å². The van der Waals surface area contributed by atoms with Gasteiger partial charge in [0.15, 0.2) is 5.78 Å². The van der Waals surface area contributed by atoms with E-state index in [1.807, 2.05) is 0 Å². The molecule has 4 heteroatoms. The minimum Gasteiger partial charge on any atom is -0.465 e. The molecule has 1 rings (SSSR count). The van der Waals surface area contributed by atoms with Gasteiger partial charge in [-0.3, -0.25) is 14.4 Å². The molecule has 1 aliphatic rings. The van der Waals surface area contributed by atoms with Crippen molar-refractivity contribution in [3.63, 3.8) is 0 Å². The average Bonchev–Trinajstić information content (AvgIpc) is 2.32. The van der Waals surface area contributed by atoms with E-state index < -0.39 is 17.3 Å². The molecule has 0 aliphatic heterocycles. The van der Waals surface area contributed by atoms with Gasteiger partial charge in [0.25, 0.3) is 0 Å². The standard InChI is InChI=1S/C14H22O4/c1-5-18-13(17)14(4)8-6-7-10(12(14)16)11(15)9(2)3/h9-10H,5-8H2,1-4H3. The first-order valence-corrected chi connectivity index (χ1v) is 6.59. The van der Waals surface area contributed by atoms with E-state index in [2.05, 4.69) is 0 Å². The van der Waals surface area contributed by atoms with Gasteiger partial charge in [-0.25, -0.2) is 0 Å². The maximum absolute atomic E-state index is 12.4. The van der Waals surface area contributed by atoms with Gasteiger partial charge in [-0.1, -0.05) is 20.3 Å². The van der Waals surface area contributed by atoms with Crippen molar-refractivity contribution < 1.29 is 19.1 Å². The molecule has 1 aliphatic carbocycles. The van der Waals surface area contributed by atoms with Crippen LogP contribution >= 0.6 is 0 Å². The molecule has 0 aromatic rings. The Kier molecular flexibility index (Phi) is 4.65. The summed E-state index contributed by atoms with van der Waals surface area (Å²) in [5.74, 6) is -1.62. The molecule has 4 nitrogen and oxygen atoms in total. The van der Waals surface area contributed by atoms with Gasteiger partial charge in [-0.05, 0) is 26.7 Å². The SMILES string of the molecule is CCOC(=O)C1(C)CCCC(C(=O)C(C)C)C1=O. The second-order valence-electron chi connectivity index (χ2n) is 5.42. The molecular weight excluding hydrogens is 232 g/mol. The fourth-order valence-electron chi connectivity index (χ4n) is 2.47. The van der Waals surface area contributed by atoms with Crippen molar-refractivity contribution in [2.45, 2.75) is 47.0 Å². The fourth-order valence-corrected chi connectivity index (χ4v) is 2.47. The number of carbonyl (C=O) groups excluding carboxylic acids is 3. The Bertz CT molecular complexity index is 359. The molecule has 1 fully saturated rings. The zero-order chi connectivity index (χ0) is 13.9. The first kappa shape index (κ1) is 14.9. The molecule has 0 aromatic heterocycles. The molecule has 2 unspecified atom stereocenters. The van der Waals surface area contributed by atoms with Crippen LogP contribution in [0.15, 0.2) is 0 Å². The van der Waals surface area contributed by atoms with Gasteiger partial charge in [0, 0.05) is 5.92 Å². The van der Waals surface area contributed by atoms with Crippen LogP contribution < -0.4 is 0 Å². The topological polar surface area (TPSA) is 60.4 Å². The Morgan fingerprint density at radius 1 is 1.44 bits per heavy atom. The summed E-state index contributed by atoms with van der Waals surface area (Å²) < 4.78 is 4.97. The predicted molar refractivity (Wildman–Crippen MR) is 66.9 cm³/mol. The normalized spacial score (nSPS) is 28.3. The van der Waals surface area contributed by atoms with E-state index in [0.29, 0.717) is 19.3 Å². The summed E-state index contributed by atoms with van der Waals surface area (Å²) in [6, 6.07) is 0. The molecule has 0 bridgehead atoms. The Morgan fingerprint density at radius 3 is 2.56 bits per heavy atom. The van der Waals surface area contributed by atoms with Crippen molar-refractivity contribution in [3.8, 4) is 0 Å². The van der Waals surface area contributed by atoms with E-state index in [1.54, 1.807) is 27.7 Å². The molecule has 0 spiro atoms. The first-order chi connectivity index (χ1) is 8.34. The highest BCUT2D eigenvalue weighted by molar-refractivity contribution is 6.13. The molecule has 102 valence electrons. The lowest BCUT2D eigenvalue weighted by molar-refractivity contribution is -0.163. The number of hydrogen-bond donors (Lipinski definition) is 0. The lowest BCUT2D eigenvalue weighted by Crippen LogP contribution is -2.47. The lowest BCUT2D eigenvalue weighted by Gasteiger charge is -2.34. The third kappa shape index (κ3) is 2.62. The molecule has 18 heavy (non-hydrogen) atoms. The molecule has 0 radical (unpaired) electrons. The van der Waals surface area contributed by atoms with Crippen molar-refractivity contribution in [2.75, 3.05) is 6.61 Å². The minimum absolute atomic E-state index is 0.0600. The van der Waals surface area contributed by atoms with E-state index in [-0.39, 0.29) is 24.1 Å². The van der Waals surface area contributed by atoms with Crippen LogP contribution in [0.4, 0.5) is 0 Å². The molecule has 0 aromatic carbocycles. The predicted octanol–water partition coefficient (Wildman–Crippen LogP) is 2.15. The molecule has 0 amide bonds. The highest BCUT2D eigenvalue weighted by atomic mass is 16.5. The number of ketones is 2. The number of ether oxygens (including phenoxy) is 1. The summed E-state index contributed by atoms with van der Waals surface area (Å²) >= 11 is 0. The monoisotopic (exact) mass is 254 g/mol. The summed E-state index contributed by atoms with van der Waals surface area (Å²) in [6.07, 6.45) is 1.75. The van der Waals surface area contributed by atoms with E-state index in [0.717, 1.165) is 0 Å². The molecule has 0 N–H and O–H groups in total. The smallest absolute Gasteiger partial charge is 0.319 e. The van der Waals surface area contributed by atoms with E-state index >= 15 is 0 Å². The van der Waals surface area contributed by atoms with Gasteiger partial charge in [-0.2, -0.15) is 0 Å². The number of hydrogen-bond acceptors (Lipinski definition) is 4. The highest BCUT2D eigenvalue weighted by Crippen LogP contribution is 2.38. The zero-order valence-corrected chi connectivity index (χ0v) is 11.6. The summed E-state index contributed by atoms with van der Waals surface area (Å²) in [7, 11) is 0. The molecule has 0 saturated heterocycles. The Balaban J connectivity index is 2.93. The van der Waals surface area contributed by atoms with Crippen LogP contribution in [0.3, 0.4) is 0 Å². The average molecular weight is 254 g/mol. The third-order valence-electron chi connectivity index (χ3n) is 3.67. The maximum atomic E-state index is 12.4. The van der Waals surface area contributed by atoms with E-state index in [4.69, 9.17) is 4.74 Å². The van der Waals surface area contributed by atoms with Crippen LogP contribution in [0, 0.1) is 17.3 Å². The summed E-state index contributed by atoms with van der Waals surface area (Å²) in [5, 5.41) is 0. The Morgan fingerprint density at radius 2 is 2.06 bits per heavy atom. The largest absolute Gasteiger partial charge is 0.465 e. The molecular formula is C14H22O4. The van der Waals surface area contributed by atoms with Gasteiger partial charge >= 0.3 is 5.97 Å². The van der Waals surface area contributed by atoms with Crippen LogP contribution in [0.2, 0.25) is 0 Å². The van der Waals surface area contributed by atoms with Crippen LogP contribution in [0.5, 0.6) is 0 Å². The minimum atomic E-state index is -1.14. The summed E-state index contributed by atoms with van der Waals surface area (Å²) in [6.45, 7) is 7.14. The van der Waals surface area contributed by atoms with Crippen LogP contribution in [0.1, 0.15) is 47.0 Å². The molecule has 2 atom stereocenters. The summed E-state index contributed by atoms with van der Waals surface area (Å²) in [4.78, 5) is 36.3. The van der Waals surface area contributed by atoms with E-state index in [1.165, 1.54) is 0 Å². The maximum Gasteiger partial charge on any atom is 0.319 e. The Labute approximate surface area is 108 Å². The fraction of sp³-hybridized carbons (Fsp3) is 0.786. The second-order valence-corrected chi connectivity index (χ2v) is 5.42. The number of rotatable bonds is 4. The van der Waals surface area contributed by atoms with Crippen molar-refractivity contribution in [1.82, 2.24) is 0 Å². The summed E-state index contributed by atoms with van der Waals surface area (Å²) in [5.41, 5.74) is -1.14. The lowest BCUT2D eigenvalue weighted by atomic mass is 9.67. The number of Topliss-reactive ketones (excluding diaryl/α,β-unsaturated/α-hetero) is 2. The van der Waals surface area contributed by atoms with Gasteiger partial charge < -0.3 is 4.74 Å². The van der Waals surface area contributed by atoms with Crippen LogP contribution in [-0.2, 0) is 19.1 Å². The molecule has 1 saturated carbocycles. The van der Waals surface area contributed by atoms with E-state index in [9.17, 15) is 14.4 Å². The van der Waals surface area contributed by atoms with Crippen molar-refractivity contribution in [1.29, 1.82) is 0 Å². The molecule has 0 heterocycles. The van der Waals surface area contributed by atoms with Gasteiger partial charge in [0.2, 0.25) is 0 Å². The van der Waals surface area contributed by atoms with Crippen molar-refractivity contribution >= 4 is 17.5 Å². The van der Waals surface area contributed by atoms with Crippen molar-refractivity contribution in [2.24, 2.45) is 17.3 Å². The van der Waals surface area contributed by atoms with Gasteiger partial charge in [0.1, 0.15) is 11.2 Å².